The number of ether oxygens (including phenoxy) is 1. The molecule has 28 heavy (non-hydrogen) atoms. The molecule has 0 heterocycles. The number of amides is 2. The van der Waals surface area contributed by atoms with Crippen LogP contribution < -0.4 is 15.8 Å². The number of nitrogens with two attached hydrogens (primary N) is 1. The Bertz CT molecular complexity index is 836. The number of nitrogens with one attached hydrogen (secondary N) is 2. The van der Waals surface area contributed by atoms with Crippen LogP contribution >= 0.6 is 0 Å². The topological polar surface area (TPSA) is 128 Å². The molecular formula is C19H31N3O5S. The van der Waals surface area contributed by atoms with Crippen molar-refractivity contribution in [3.05, 3.63) is 29.3 Å². The Kier molecular flexibility index (Phi) is 7.24. The highest BCUT2D eigenvalue weighted by atomic mass is 32.2. The van der Waals surface area contributed by atoms with Crippen molar-refractivity contribution in [1.29, 1.82) is 0 Å². The number of alkyl carbamates (subject to hydrolysis) is 1. The number of benzene rings is 1. The lowest BCUT2D eigenvalue weighted by molar-refractivity contribution is -0.125. The van der Waals surface area contributed by atoms with E-state index in [0.29, 0.717) is 11.1 Å². The smallest absolute Gasteiger partial charge is 0.408 e. The zero-order valence-electron chi connectivity index (χ0n) is 17.5. The summed E-state index contributed by atoms with van der Waals surface area (Å²) >= 11 is 0. The van der Waals surface area contributed by atoms with Gasteiger partial charge in [0.1, 0.15) is 11.6 Å². The molecule has 0 bridgehead atoms. The second-order valence-electron chi connectivity index (χ2n) is 8.81. The molecule has 0 aliphatic heterocycles. The lowest BCUT2D eigenvalue weighted by Crippen LogP contribution is -2.54. The largest absolute Gasteiger partial charge is 0.444 e. The molecule has 4 N–H and O–H groups in total. The van der Waals surface area contributed by atoms with Crippen molar-refractivity contribution in [2.24, 2.45) is 10.6 Å². The molecule has 0 saturated carbocycles. The molecule has 158 valence electrons. The average molecular weight is 414 g/mol. The Morgan fingerprint density at radius 3 is 2.14 bits per heavy atom. The van der Waals surface area contributed by atoms with Crippen LogP contribution in [0.25, 0.3) is 0 Å². The van der Waals surface area contributed by atoms with Crippen molar-refractivity contribution >= 4 is 22.0 Å². The maximum absolute atomic E-state index is 12.7. The molecule has 0 fully saturated rings. The van der Waals surface area contributed by atoms with Crippen LogP contribution in [0.15, 0.2) is 23.1 Å². The molecule has 9 heteroatoms. The van der Waals surface area contributed by atoms with Crippen LogP contribution in [0.1, 0.15) is 52.7 Å². The van der Waals surface area contributed by atoms with Crippen LogP contribution in [0.2, 0.25) is 0 Å². The maximum atomic E-state index is 12.7. The SMILES string of the molecule is Cc1cc(CNC(=O)[C@@H](NC(=O)OC(C)(C)C)C(C)(C)C)ccc1S(N)(=O)=O. The Hall–Kier alpha value is -2.13. The standard InChI is InChI=1S/C19H31N3O5S/c1-12-10-13(8-9-14(12)28(20,25)26)11-21-16(23)15(18(2,3)4)22-17(24)27-19(5,6)7/h8-10,15H,11H2,1-7H3,(H,21,23)(H,22,24)(H2,20,25,26)/t15-/m1/s1. The molecule has 8 nitrogen and oxygen atoms in total. The summed E-state index contributed by atoms with van der Waals surface area (Å²) in [5.74, 6) is -0.369. The number of rotatable bonds is 5. The van der Waals surface area contributed by atoms with Gasteiger partial charge in [0.25, 0.3) is 0 Å². The van der Waals surface area contributed by atoms with Crippen molar-refractivity contribution < 1.29 is 22.7 Å². The van der Waals surface area contributed by atoms with Crippen LogP contribution in [0.3, 0.4) is 0 Å². The third-order valence-electron chi connectivity index (χ3n) is 3.80. The summed E-state index contributed by atoms with van der Waals surface area (Å²) in [5.41, 5.74) is -0.0170. The highest BCUT2D eigenvalue weighted by Crippen LogP contribution is 2.21. The Labute approximate surface area is 167 Å². The van der Waals surface area contributed by atoms with Gasteiger partial charge in [0.2, 0.25) is 15.9 Å². The quantitative estimate of drug-likeness (QED) is 0.682. The molecule has 0 aromatic heterocycles. The van der Waals surface area contributed by atoms with Crippen LogP contribution in [0.5, 0.6) is 0 Å². The second kappa shape index (κ2) is 8.48. The van der Waals surface area contributed by atoms with E-state index in [2.05, 4.69) is 10.6 Å². The zero-order valence-corrected chi connectivity index (χ0v) is 18.4. The first-order chi connectivity index (χ1) is 12.5. The van der Waals surface area contributed by atoms with Crippen molar-refractivity contribution in [2.75, 3.05) is 0 Å². The van der Waals surface area contributed by atoms with Crippen LogP contribution in [-0.4, -0.2) is 32.1 Å². The van der Waals surface area contributed by atoms with E-state index in [4.69, 9.17) is 9.88 Å². The maximum Gasteiger partial charge on any atom is 0.408 e. The molecule has 2 amide bonds. The second-order valence-corrected chi connectivity index (χ2v) is 10.3. The minimum absolute atomic E-state index is 0.0433. The summed E-state index contributed by atoms with van der Waals surface area (Å²) in [4.78, 5) is 24.8. The van der Waals surface area contributed by atoms with Crippen molar-refractivity contribution in [1.82, 2.24) is 10.6 Å². The number of carbonyl (C=O) groups is 2. The van der Waals surface area contributed by atoms with Crippen molar-refractivity contribution in [3.8, 4) is 0 Å². The average Bonchev–Trinajstić information content (AvgIpc) is 2.46. The molecule has 0 unspecified atom stereocenters. The number of sulfonamides is 1. The van der Waals surface area contributed by atoms with Gasteiger partial charge in [0, 0.05) is 6.54 Å². The summed E-state index contributed by atoms with van der Waals surface area (Å²) in [6, 6.07) is 3.83. The first-order valence-corrected chi connectivity index (χ1v) is 10.4. The molecular weight excluding hydrogens is 382 g/mol. The van der Waals surface area contributed by atoms with Gasteiger partial charge < -0.3 is 15.4 Å². The van der Waals surface area contributed by atoms with Gasteiger partial charge in [-0.3, -0.25) is 4.79 Å². The van der Waals surface area contributed by atoms with Gasteiger partial charge in [0.15, 0.2) is 0 Å². The summed E-state index contributed by atoms with van der Waals surface area (Å²) in [5, 5.41) is 10.5. The monoisotopic (exact) mass is 413 g/mol. The van der Waals surface area contributed by atoms with E-state index in [-0.39, 0.29) is 17.3 Å². The fraction of sp³-hybridized carbons (Fsp3) is 0.579. The van der Waals surface area contributed by atoms with Crippen LogP contribution in [0, 0.1) is 12.3 Å². The number of aryl methyl sites for hydroxylation is 1. The van der Waals surface area contributed by atoms with Gasteiger partial charge >= 0.3 is 6.09 Å². The van der Waals surface area contributed by atoms with Crippen LogP contribution in [0.4, 0.5) is 4.79 Å². The summed E-state index contributed by atoms with van der Waals surface area (Å²) in [6.07, 6.45) is -0.670. The molecule has 1 aromatic carbocycles. The summed E-state index contributed by atoms with van der Waals surface area (Å²) < 4.78 is 28.2. The van der Waals surface area contributed by atoms with E-state index in [0.717, 1.165) is 0 Å². The third-order valence-corrected chi connectivity index (χ3v) is 4.87. The minimum Gasteiger partial charge on any atom is -0.444 e. The minimum atomic E-state index is -3.79. The van der Waals surface area contributed by atoms with E-state index in [1.807, 2.05) is 20.8 Å². The number of carbonyl (C=O) groups excluding carboxylic acids is 2. The van der Waals surface area contributed by atoms with Gasteiger partial charge in [-0.2, -0.15) is 0 Å². The molecule has 0 radical (unpaired) electrons. The third kappa shape index (κ3) is 7.47. The summed E-state index contributed by atoms with van der Waals surface area (Å²) in [7, 11) is -3.79. The molecule has 0 saturated heterocycles. The molecule has 0 aliphatic rings. The number of hydrogen-bond acceptors (Lipinski definition) is 5. The molecule has 0 spiro atoms. The fourth-order valence-electron chi connectivity index (χ4n) is 2.53. The van der Waals surface area contributed by atoms with Gasteiger partial charge in [-0.25, -0.2) is 18.4 Å². The highest BCUT2D eigenvalue weighted by Gasteiger charge is 2.34. The predicted octanol–water partition coefficient (Wildman–Crippen LogP) is 2.20. The summed E-state index contributed by atoms with van der Waals surface area (Å²) in [6.45, 7) is 12.5. The van der Waals surface area contributed by atoms with Crippen molar-refractivity contribution in [3.63, 3.8) is 0 Å². The van der Waals surface area contributed by atoms with Crippen molar-refractivity contribution in [2.45, 2.75) is 71.5 Å². The van der Waals surface area contributed by atoms with Gasteiger partial charge in [-0.15, -0.1) is 0 Å². The van der Waals surface area contributed by atoms with Gasteiger partial charge in [-0.1, -0.05) is 32.9 Å². The lowest BCUT2D eigenvalue weighted by atomic mass is 9.86. The lowest BCUT2D eigenvalue weighted by Gasteiger charge is -2.31. The first-order valence-electron chi connectivity index (χ1n) is 8.90. The Balaban J connectivity index is 2.87. The molecule has 1 atom stereocenters. The van der Waals surface area contributed by atoms with E-state index >= 15 is 0 Å². The van der Waals surface area contributed by atoms with Gasteiger partial charge in [0.05, 0.1) is 4.90 Å². The Morgan fingerprint density at radius 1 is 1.14 bits per heavy atom. The predicted molar refractivity (Wildman–Crippen MR) is 107 cm³/mol. The zero-order chi connectivity index (χ0) is 21.9. The molecule has 1 rings (SSSR count). The normalized spacial score (nSPS) is 13.6. The van der Waals surface area contributed by atoms with E-state index in [1.54, 1.807) is 39.8 Å². The van der Waals surface area contributed by atoms with Crippen LogP contribution in [-0.2, 0) is 26.1 Å². The Morgan fingerprint density at radius 2 is 1.71 bits per heavy atom. The van der Waals surface area contributed by atoms with E-state index in [9.17, 15) is 18.0 Å². The molecule has 0 aliphatic carbocycles. The highest BCUT2D eigenvalue weighted by molar-refractivity contribution is 7.89. The fourth-order valence-corrected chi connectivity index (χ4v) is 3.30. The number of primary sulfonamides is 1. The number of hydrogen-bond donors (Lipinski definition) is 3. The van der Waals surface area contributed by atoms with E-state index in [1.165, 1.54) is 6.07 Å². The van der Waals surface area contributed by atoms with Gasteiger partial charge in [-0.05, 0) is 50.3 Å². The first kappa shape index (κ1) is 23.9. The molecule has 1 aromatic rings. The van der Waals surface area contributed by atoms with E-state index < -0.39 is 33.2 Å².